The molecule has 0 spiro atoms. The average molecular weight is 801 g/mol. The standard InChI is InChI=1S/C53H84O5/c1-4-7-10-13-16-18-20-22-24-26-27-29-30-32-34-36-38-40-43-46-52(54)57-50-51(49-56-48-45-42-15-12-9-6-3)58-53(55)47-44-41-39-37-35-33-31-28-25-23-21-19-17-14-11-8-5-2/h7-8,10-11,16-19,22-25,27,29,31-34,38,40,51H,4-6,9,12-15,20-21,26,28,30,35-37,39,41-50H2,1-3H3/b10-7-,11-8-,18-16-,19-17-,24-22-,25-23-,29-27-,33-31-,34-32-,40-38-. The summed E-state index contributed by atoms with van der Waals surface area (Å²) in [5.74, 6) is -0.536. The minimum absolute atomic E-state index is 0.0275. The Balaban J connectivity index is 4.32. The largest absolute Gasteiger partial charge is 0.462 e. The molecule has 0 aromatic carbocycles. The van der Waals surface area contributed by atoms with Crippen LogP contribution < -0.4 is 0 Å². The zero-order chi connectivity index (χ0) is 42.1. The maximum absolute atomic E-state index is 12.7. The molecule has 1 atom stereocenters. The third kappa shape index (κ3) is 45.0. The summed E-state index contributed by atoms with van der Waals surface area (Å²) >= 11 is 0. The number of hydrogen-bond acceptors (Lipinski definition) is 5. The summed E-state index contributed by atoms with van der Waals surface area (Å²) in [7, 11) is 0. The molecule has 0 rings (SSSR count). The molecule has 0 aromatic heterocycles. The van der Waals surface area contributed by atoms with Crippen molar-refractivity contribution in [1.82, 2.24) is 0 Å². The third-order valence-corrected chi connectivity index (χ3v) is 9.01. The lowest BCUT2D eigenvalue weighted by molar-refractivity contribution is -0.162. The second-order valence-corrected chi connectivity index (χ2v) is 14.5. The van der Waals surface area contributed by atoms with Crippen molar-refractivity contribution in [2.24, 2.45) is 0 Å². The molecule has 0 aliphatic carbocycles. The van der Waals surface area contributed by atoms with Gasteiger partial charge in [0, 0.05) is 19.4 Å². The Labute approximate surface area is 356 Å². The molecule has 0 fully saturated rings. The highest BCUT2D eigenvalue weighted by Gasteiger charge is 2.17. The minimum Gasteiger partial charge on any atom is -0.462 e. The van der Waals surface area contributed by atoms with Crippen LogP contribution in [0.4, 0.5) is 0 Å². The normalized spacial score (nSPS) is 13.4. The fourth-order valence-corrected chi connectivity index (χ4v) is 5.64. The molecule has 0 bridgehead atoms. The molecule has 0 amide bonds. The van der Waals surface area contributed by atoms with E-state index in [9.17, 15) is 9.59 Å². The number of rotatable bonds is 40. The molecule has 0 aromatic rings. The molecule has 0 saturated carbocycles. The molecule has 0 N–H and O–H groups in total. The second kappa shape index (κ2) is 47.7. The molecule has 5 nitrogen and oxygen atoms in total. The van der Waals surface area contributed by atoms with E-state index in [1.54, 1.807) is 0 Å². The van der Waals surface area contributed by atoms with E-state index in [0.717, 1.165) is 109 Å². The number of ether oxygens (including phenoxy) is 3. The van der Waals surface area contributed by atoms with Crippen LogP contribution >= 0.6 is 0 Å². The van der Waals surface area contributed by atoms with Crippen molar-refractivity contribution in [3.05, 3.63) is 122 Å². The number of esters is 2. The lowest BCUT2D eigenvalue weighted by Crippen LogP contribution is -2.30. The first-order chi connectivity index (χ1) is 28.6. The van der Waals surface area contributed by atoms with Crippen LogP contribution in [-0.4, -0.2) is 37.9 Å². The predicted octanol–water partition coefficient (Wildman–Crippen LogP) is 15.4. The summed E-state index contributed by atoms with van der Waals surface area (Å²) in [6.07, 6.45) is 66.5. The van der Waals surface area contributed by atoms with Crippen molar-refractivity contribution in [3.63, 3.8) is 0 Å². The second-order valence-electron chi connectivity index (χ2n) is 14.5. The number of hydrogen-bond donors (Lipinski definition) is 0. The van der Waals surface area contributed by atoms with Crippen molar-refractivity contribution in [2.45, 2.75) is 181 Å². The van der Waals surface area contributed by atoms with Gasteiger partial charge in [-0.2, -0.15) is 0 Å². The number of unbranched alkanes of at least 4 members (excludes halogenated alkanes) is 9. The summed E-state index contributed by atoms with van der Waals surface area (Å²) < 4.78 is 17.1. The molecule has 0 saturated heterocycles. The highest BCUT2D eigenvalue weighted by molar-refractivity contribution is 5.70. The topological polar surface area (TPSA) is 61.8 Å². The molecule has 0 aliphatic rings. The summed E-state index contributed by atoms with van der Waals surface area (Å²) in [5, 5.41) is 0. The van der Waals surface area contributed by atoms with Gasteiger partial charge in [-0.25, -0.2) is 0 Å². The average Bonchev–Trinajstić information content (AvgIpc) is 3.22. The Hall–Kier alpha value is -3.70. The van der Waals surface area contributed by atoms with Gasteiger partial charge in [0.2, 0.25) is 0 Å². The van der Waals surface area contributed by atoms with Crippen LogP contribution in [0.2, 0.25) is 0 Å². The zero-order valence-corrected chi connectivity index (χ0v) is 37.3. The van der Waals surface area contributed by atoms with E-state index in [0.29, 0.717) is 25.9 Å². The van der Waals surface area contributed by atoms with Crippen molar-refractivity contribution >= 4 is 11.9 Å². The number of allylic oxidation sites excluding steroid dienone is 20. The molecule has 5 heteroatoms. The van der Waals surface area contributed by atoms with Crippen molar-refractivity contribution in [1.29, 1.82) is 0 Å². The predicted molar refractivity (Wildman–Crippen MR) is 251 cm³/mol. The zero-order valence-electron chi connectivity index (χ0n) is 37.3. The Morgan fingerprint density at radius 2 is 0.810 bits per heavy atom. The Morgan fingerprint density at radius 1 is 0.397 bits per heavy atom. The van der Waals surface area contributed by atoms with Gasteiger partial charge in [-0.15, -0.1) is 0 Å². The molecular weight excluding hydrogens is 717 g/mol. The Kier molecular flexibility index (Phi) is 44.6. The number of carbonyl (C=O) groups excluding carboxylic acids is 2. The summed E-state index contributed by atoms with van der Waals surface area (Å²) in [6.45, 7) is 7.42. The molecular formula is C53H84O5. The van der Waals surface area contributed by atoms with Gasteiger partial charge in [-0.3, -0.25) is 9.59 Å². The van der Waals surface area contributed by atoms with Gasteiger partial charge in [0.15, 0.2) is 6.10 Å². The van der Waals surface area contributed by atoms with E-state index >= 15 is 0 Å². The fraction of sp³-hybridized carbons (Fsp3) is 0.585. The van der Waals surface area contributed by atoms with E-state index in [-0.39, 0.29) is 25.2 Å². The summed E-state index contributed by atoms with van der Waals surface area (Å²) in [4.78, 5) is 25.2. The van der Waals surface area contributed by atoms with Crippen LogP contribution in [0, 0.1) is 0 Å². The molecule has 0 aliphatic heterocycles. The lowest BCUT2D eigenvalue weighted by Gasteiger charge is -2.18. The van der Waals surface area contributed by atoms with Crippen LogP contribution in [0.1, 0.15) is 175 Å². The highest BCUT2D eigenvalue weighted by atomic mass is 16.6. The van der Waals surface area contributed by atoms with Crippen molar-refractivity contribution in [2.75, 3.05) is 19.8 Å². The molecule has 0 radical (unpaired) electrons. The smallest absolute Gasteiger partial charge is 0.306 e. The van der Waals surface area contributed by atoms with E-state index in [1.165, 1.54) is 25.7 Å². The van der Waals surface area contributed by atoms with Crippen LogP contribution in [0.15, 0.2) is 122 Å². The third-order valence-electron chi connectivity index (χ3n) is 9.01. The lowest BCUT2D eigenvalue weighted by atomic mass is 10.1. The molecule has 326 valence electrons. The minimum atomic E-state index is -0.583. The Bertz CT molecular complexity index is 1220. The van der Waals surface area contributed by atoms with E-state index < -0.39 is 6.10 Å². The fourth-order valence-electron chi connectivity index (χ4n) is 5.64. The number of carbonyl (C=O) groups is 2. The van der Waals surface area contributed by atoms with E-state index in [1.807, 2.05) is 6.08 Å². The van der Waals surface area contributed by atoms with Crippen molar-refractivity contribution < 1.29 is 23.8 Å². The molecule has 58 heavy (non-hydrogen) atoms. The van der Waals surface area contributed by atoms with Gasteiger partial charge in [-0.1, -0.05) is 187 Å². The van der Waals surface area contributed by atoms with Crippen LogP contribution in [0.5, 0.6) is 0 Å². The molecule has 1 unspecified atom stereocenters. The van der Waals surface area contributed by atoms with Gasteiger partial charge >= 0.3 is 11.9 Å². The maximum Gasteiger partial charge on any atom is 0.306 e. The SMILES string of the molecule is CC/C=C\C/C=C\C/C=C\C/C=C\C/C=C\C/C=C\CCC(=O)OCC(COCCCCCCCC)OC(=O)CCCCCC/C=C\C/C=C\C/C=C\C/C=C\CC. The van der Waals surface area contributed by atoms with Gasteiger partial charge in [0.25, 0.3) is 0 Å². The van der Waals surface area contributed by atoms with Gasteiger partial charge in [-0.05, 0) is 96.3 Å². The van der Waals surface area contributed by atoms with Crippen LogP contribution in [0.25, 0.3) is 0 Å². The van der Waals surface area contributed by atoms with Gasteiger partial charge in [0.1, 0.15) is 6.61 Å². The first kappa shape index (κ1) is 54.3. The van der Waals surface area contributed by atoms with Crippen LogP contribution in [-0.2, 0) is 23.8 Å². The van der Waals surface area contributed by atoms with Crippen LogP contribution in [0.3, 0.4) is 0 Å². The van der Waals surface area contributed by atoms with Gasteiger partial charge < -0.3 is 14.2 Å². The maximum atomic E-state index is 12.7. The first-order valence-corrected chi connectivity index (χ1v) is 23.1. The van der Waals surface area contributed by atoms with Gasteiger partial charge in [0.05, 0.1) is 6.61 Å². The van der Waals surface area contributed by atoms with Crippen molar-refractivity contribution in [3.8, 4) is 0 Å². The summed E-state index contributed by atoms with van der Waals surface area (Å²) in [6, 6.07) is 0. The monoisotopic (exact) mass is 801 g/mol. The first-order valence-electron chi connectivity index (χ1n) is 23.1. The summed E-state index contributed by atoms with van der Waals surface area (Å²) in [5.41, 5.74) is 0. The van der Waals surface area contributed by atoms with E-state index in [4.69, 9.17) is 14.2 Å². The quantitative estimate of drug-likeness (QED) is 0.0351. The molecule has 0 heterocycles. The van der Waals surface area contributed by atoms with E-state index in [2.05, 4.69) is 136 Å². The Morgan fingerprint density at radius 3 is 1.31 bits per heavy atom. The highest BCUT2D eigenvalue weighted by Crippen LogP contribution is 2.10.